The summed E-state index contributed by atoms with van der Waals surface area (Å²) >= 11 is 5.70. The summed E-state index contributed by atoms with van der Waals surface area (Å²) in [6, 6.07) is 8.79. The molecule has 0 spiro atoms. The summed E-state index contributed by atoms with van der Waals surface area (Å²) in [6.45, 7) is 3.68. The van der Waals surface area contributed by atoms with E-state index in [0.717, 1.165) is 24.9 Å². The Balaban J connectivity index is 2.40. The lowest BCUT2D eigenvalue weighted by molar-refractivity contribution is 0.469. The lowest BCUT2D eigenvalue weighted by Gasteiger charge is -2.13. The molecule has 0 heterocycles. The maximum absolute atomic E-state index is 13.2. The smallest absolute Gasteiger partial charge is 0.141 e. The van der Waals surface area contributed by atoms with E-state index in [9.17, 15) is 4.39 Å². The van der Waals surface area contributed by atoms with Gasteiger partial charge in [-0.2, -0.15) is 0 Å². The Kier molecular flexibility index (Phi) is 4.27. The van der Waals surface area contributed by atoms with Gasteiger partial charge < -0.3 is 4.74 Å². The SMILES string of the molecule is Cc1cc(F)cc(C)c1Oc1ccc(I)cc1Br. The maximum Gasteiger partial charge on any atom is 0.141 e. The fourth-order valence-electron chi connectivity index (χ4n) is 1.73. The lowest BCUT2D eigenvalue weighted by Crippen LogP contribution is -1.93. The van der Waals surface area contributed by atoms with E-state index >= 15 is 0 Å². The van der Waals surface area contributed by atoms with E-state index in [0.29, 0.717) is 5.75 Å². The van der Waals surface area contributed by atoms with Crippen LogP contribution in [-0.2, 0) is 0 Å². The average molecular weight is 421 g/mol. The van der Waals surface area contributed by atoms with Crippen molar-refractivity contribution < 1.29 is 9.13 Å². The van der Waals surface area contributed by atoms with Crippen LogP contribution in [-0.4, -0.2) is 0 Å². The third-order valence-electron chi connectivity index (χ3n) is 2.53. The normalized spacial score (nSPS) is 10.5. The van der Waals surface area contributed by atoms with Gasteiger partial charge in [0.2, 0.25) is 0 Å². The first-order valence-corrected chi connectivity index (χ1v) is 7.24. The van der Waals surface area contributed by atoms with Crippen molar-refractivity contribution in [3.63, 3.8) is 0 Å². The van der Waals surface area contributed by atoms with Crippen molar-refractivity contribution in [3.8, 4) is 11.5 Å². The first kappa shape index (κ1) is 13.8. The molecule has 0 atom stereocenters. The molecule has 0 aliphatic rings. The fraction of sp³-hybridized carbons (Fsp3) is 0.143. The third-order valence-corrected chi connectivity index (χ3v) is 3.82. The summed E-state index contributed by atoms with van der Waals surface area (Å²) in [5, 5.41) is 0. The lowest BCUT2D eigenvalue weighted by atomic mass is 10.1. The predicted octanol–water partition coefficient (Wildman–Crippen LogP) is 5.60. The second-order valence-electron chi connectivity index (χ2n) is 4.05. The molecule has 2 aromatic carbocycles. The van der Waals surface area contributed by atoms with Gasteiger partial charge in [0.25, 0.3) is 0 Å². The first-order valence-electron chi connectivity index (χ1n) is 5.37. The molecule has 4 heteroatoms. The van der Waals surface area contributed by atoms with Crippen molar-refractivity contribution >= 4 is 38.5 Å². The van der Waals surface area contributed by atoms with Crippen LogP contribution in [0.3, 0.4) is 0 Å². The molecule has 2 aromatic rings. The van der Waals surface area contributed by atoms with Crippen LogP contribution in [0.4, 0.5) is 4.39 Å². The van der Waals surface area contributed by atoms with Crippen LogP contribution < -0.4 is 4.74 Å². The monoisotopic (exact) mass is 420 g/mol. The van der Waals surface area contributed by atoms with E-state index in [4.69, 9.17) is 4.74 Å². The quantitative estimate of drug-likeness (QED) is 0.574. The van der Waals surface area contributed by atoms with Gasteiger partial charge in [0, 0.05) is 3.57 Å². The molecule has 18 heavy (non-hydrogen) atoms. The zero-order valence-electron chi connectivity index (χ0n) is 9.93. The summed E-state index contributed by atoms with van der Waals surface area (Å²) in [5.74, 6) is 1.20. The Bertz CT molecular complexity index is 575. The molecular weight excluding hydrogens is 410 g/mol. The van der Waals surface area contributed by atoms with E-state index in [1.807, 2.05) is 32.0 Å². The molecule has 94 valence electrons. The Labute approximate surface area is 128 Å². The molecule has 0 saturated carbocycles. The van der Waals surface area contributed by atoms with Gasteiger partial charge in [0.15, 0.2) is 0 Å². The zero-order valence-corrected chi connectivity index (χ0v) is 13.7. The topological polar surface area (TPSA) is 9.23 Å². The van der Waals surface area contributed by atoms with Gasteiger partial charge in [0.1, 0.15) is 17.3 Å². The van der Waals surface area contributed by atoms with Gasteiger partial charge in [-0.3, -0.25) is 0 Å². The zero-order chi connectivity index (χ0) is 13.3. The number of ether oxygens (including phenoxy) is 1. The molecule has 0 fully saturated rings. The van der Waals surface area contributed by atoms with Gasteiger partial charge >= 0.3 is 0 Å². The van der Waals surface area contributed by atoms with E-state index in [-0.39, 0.29) is 5.82 Å². The second kappa shape index (κ2) is 5.57. The van der Waals surface area contributed by atoms with Crippen LogP contribution in [0.15, 0.2) is 34.8 Å². The van der Waals surface area contributed by atoms with Gasteiger partial charge in [-0.25, -0.2) is 4.39 Å². The van der Waals surface area contributed by atoms with Crippen LogP contribution >= 0.6 is 38.5 Å². The van der Waals surface area contributed by atoms with E-state index in [1.165, 1.54) is 12.1 Å². The van der Waals surface area contributed by atoms with Crippen molar-refractivity contribution in [2.45, 2.75) is 13.8 Å². The van der Waals surface area contributed by atoms with Crippen LogP contribution in [0.1, 0.15) is 11.1 Å². The van der Waals surface area contributed by atoms with E-state index in [1.54, 1.807) is 0 Å². The molecule has 0 aliphatic carbocycles. The number of benzene rings is 2. The summed E-state index contributed by atoms with van der Waals surface area (Å²) in [5.41, 5.74) is 1.58. The highest BCUT2D eigenvalue weighted by Gasteiger charge is 2.10. The summed E-state index contributed by atoms with van der Waals surface area (Å²) < 4.78 is 21.1. The van der Waals surface area contributed by atoms with Crippen molar-refractivity contribution in [1.29, 1.82) is 0 Å². The molecule has 2 rings (SSSR count). The van der Waals surface area contributed by atoms with Gasteiger partial charge in [-0.15, -0.1) is 0 Å². The minimum Gasteiger partial charge on any atom is -0.456 e. The number of rotatable bonds is 2. The van der Waals surface area contributed by atoms with Gasteiger partial charge in [-0.05, 0) is 93.8 Å². The number of hydrogen-bond donors (Lipinski definition) is 0. The van der Waals surface area contributed by atoms with Crippen LogP contribution in [0.5, 0.6) is 11.5 Å². The molecule has 1 nitrogen and oxygen atoms in total. The van der Waals surface area contributed by atoms with Gasteiger partial charge in [-0.1, -0.05) is 0 Å². The Hall–Kier alpha value is -0.620. The fourth-order valence-corrected chi connectivity index (χ4v) is 3.11. The Morgan fingerprint density at radius 3 is 2.28 bits per heavy atom. The largest absolute Gasteiger partial charge is 0.456 e. The Morgan fingerprint density at radius 1 is 1.11 bits per heavy atom. The van der Waals surface area contributed by atoms with Gasteiger partial charge in [0.05, 0.1) is 4.47 Å². The third kappa shape index (κ3) is 3.03. The molecule has 0 unspecified atom stereocenters. The summed E-state index contributed by atoms with van der Waals surface area (Å²) in [7, 11) is 0. The molecule has 0 N–H and O–H groups in total. The molecule has 0 aliphatic heterocycles. The minimum absolute atomic E-state index is 0.237. The number of aryl methyl sites for hydroxylation is 2. The molecule has 0 radical (unpaired) electrons. The second-order valence-corrected chi connectivity index (χ2v) is 6.15. The van der Waals surface area contributed by atoms with Crippen molar-refractivity contribution in [2.24, 2.45) is 0 Å². The summed E-state index contributed by atoms with van der Waals surface area (Å²) in [6.07, 6.45) is 0. The Morgan fingerprint density at radius 2 is 1.72 bits per heavy atom. The van der Waals surface area contributed by atoms with Crippen LogP contribution in [0.2, 0.25) is 0 Å². The summed E-state index contributed by atoms with van der Waals surface area (Å²) in [4.78, 5) is 0. The molecular formula is C14H11BrFIO. The average Bonchev–Trinajstić information content (AvgIpc) is 2.25. The van der Waals surface area contributed by atoms with Crippen molar-refractivity contribution in [2.75, 3.05) is 0 Å². The molecule has 0 bridgehead atoms. The van der Waals surface area contributed by atoms with Crippen molar-refractivity contribution in [3.05, 3.63) is 55.3 Å². The van der Waals surface area contributed by atoms with E-state index < -0.39 is 0 Å². The van der Waals surface area contributed by atoms with Crippen LogP contribution in [0, 0.1) is 23.2 Å². The standard InChI is InChI=1S/C14H11BrFIO/c1-8-5-10(16)6-9(2)14(8)18-13-4-3-11(17)7-12(13)15/h3-7H,1-2H3. The van der Waals surface area contributed by atoms with Crippen molar-refractivity contribution in [1.82, 2.24) is 0 Å². The highest BCUT2D eigenvalue weighted by Crippen LogP contribution is 2.34. The molecule has 0 saturated heterocycles. The maximum atomic E-state index is 13.2. The molecule has 0 amide bonds. The predicted molar refractivity (Wildman–Crippen MR) is 82.8 cm³/mol. The first-order chi connectivity index (χ1) is 8.47. The highest BCUT2D eigenvalue weighted by atomic mass is 127. The highest BCUT2D eigenvalue weighted by molar-refractivity contribution is 14.1. The minimum atomic E-state index is -0.237. The molecule has 0 aromatic heterocycles. The van der Waals surface area contributed by atoms with E-state index in [2.05, 4.69) is 38.5 Å². The number of hydrogen-bond acceptors (Lipinski definition) is 1. The van der Waals surface area contributed by atoms with Crippen LogP contribution in [0.25, 0.3) is 0 Å². The number of halogens is 3.